The van der Waals surface area contributed by atoms with Crippen molar-refractivity contribution in [2.75, 3.05) is 11.1 Å². The lowest BCUT2D eigenvalue weighted by Gasteiger charge is -2.14. The molecule has 4 aromatic carbocycles. The third kappa shape index (κ3) is 5.97. The number of thioether (sulfide) groups is 1. The Bertz CT molecular complexity index is 1620. The predicted molar refractivity (Wildman–Crippen MR) is 150 cm³/mol. The van der Waals surface area contributed by atoms with Crippen LogP contribution < -0.4 is 15.6 Å². The number of rotatable bonds is 7. The van der Waals surface area contributed by atoms with Crippen molar-refractivity contribution in [2.24, 2.45) is 0 Å². The number of aromatic nitrogens is 2. The highest BCUT2D eigenvalue weighted by molar-refractivity contribution is 7.99. The van der Waals surface area contributed by atoms with Crippen LogP contribution in [0.3, 0.4) is 0 Å². The van der Waals surface area contributed by atoms with Crippen LogP contribution in [0.5, 0.6) is 11.5 Å². The van der Waals surface area contributed by atoms with Crippen LogP contribution in [0, 0.1) is 0 Å². The Labute approximate surface area is 226 Å². The zero-order chi connectivity index (χ0) is 25.8. The summed E-state index contributed by atoms with van der Waals surface area (Å²) in [6, 6.07) is 28.5. The van der Waals surface area contributed by atoms with E-state index in [-0.39, 0.29) is 17.2 Å². The van der Waals surface area contributed by atoms with Crippen LogP contribution in [-0.4, -0.2) is 21.2 Å². The van der Waals surface area contributed by atoms with Crippen molar-refractivity contribution in [1.29, 1.82) is 0 Å². The second kappa shape index (κ2) is 11.1. The molecule has 0 spiro atoms. The molecule has 0 aliphatic carbocycles. The highest BCUT2D eigenvalue weighted by Gasteiger charge is 2.15. The van der Waals surface area contributed by atoms with E-state index in [1.54, 1.807) is 60.7 Å². The second-order valence-corrected chi connectivity index (χ2v) is 9.77. The zero-order valence-corrected chi connectivity index (χ0v) is 21.6. The summed E-state index contributed by atoms with van der Waals surface area (Å²) in [5.74, 6) is 1.07. The number of hydrogen-bond acceptors (Lipinski definition) is 5. The van der Waals surface area contributed by atoms with Gasteiger partial charge in [-0.3, -0.25) is 14.2 Å². The number of benzene rings is 4. The van der Waals surface area contributed by atoms with Gasteiger partial charge in [-0.05, 0) is 66.7 Å². The highest BCUT2D eigenvalue weighted by atomic mass is 35.5. The summed E-state index contributed by atoms with van der Waals surface area (Å²) in [5, 5.41) is 4.48. The molecule has 184 valence electrons. The van der Waals surface area contributed by atoms with Crippen LogP contribution in [0.2, 0.25) is 10.0 Å². The largest absolute Gasteiger partial charge is 0.457 e. The molecule has 1 aromatic heterocycles. The molecule has 0 radical (unpaired) electrons. The zero-order valence-electron chi connectivity index (χ0n) is 19.2. The summed E-state index contributed by atoms with van der Waals surface area (Å²) in [4.78, 5) is 30.8. The lowest BCUT2D eigenvalue weighted by Crippen LogP contribution is -2.23. The number of amides is 1. The summed E-state index contributed by atoms with van der Waals surface area (Å²) < 4.78 is 7.38. The molecule has 5 aromatic rings. The smallest absolute Gasteiger partial charge is 0.266 e. The summed E-state index contributed by atoms with van der Waals surface area (Å²) in [6.45, 7) is 0. The SMILES string of the molecule is O=C(CSc1nc2ccccc2c(=O)n1-c1ccc(Oc2ccccc2)cc1)Nc1cc(Cl)cc(Cl)c1. The molecule has 1 heterocycles. The van der Waals surface area contributed by atoms with Crippen molar-refractivity contribution in [2.45, 2.75) is 5.16 Å². The molecule has 0 unspecified atom stereocenters. The van der Waals surface area contributed by atoms with E-state index in [2.05, 4.69) is 10.3 Å². The third-order valence-electron chi connectivity index (χ3n) is 5.30. The van der Waals surface area contributed by atoms with E-state index in [1.165, 1.54) is 4.57 Å². The van der Waals surface area contributed by atoms with Crippen LogP contribution >= 0.6 is 35.0 Å². The van der Waals surface area contributed by atoms with Gasteiger partial charge in [-0.1, -0.05) is 65.3 Å². The molecule has 0 fully saturated rings. The van der Waals surface area contributed by atoms with E-state index in [0.29, 0.717) is 49.0 Å². The van der Waals surface area contributed by atoms with Gasteiger partial charge >= 0.3 is 0 Å². The average Bonchev–Trinajstić information content (AvgIpc) is 2.88. The van der Waals surface area contributed by atoms with E-state index in [1.807, 2.05) is 36.4 Å². The fourth-order valence-corrected chi connectivity index (χ4v) is 5.02. The van der Waals surface area contributed by atoms with E-state index < -0.39 is 0 Å². The minimum atomic E-state index is -0.288. The second-order valence-electron chi connectivity index (χ2n) is 7.96. The monoisotopic (exact) mass is 547 g/mol. The molecule has 0 saturated heterocycles. The molecule has 1 amide bonds. The van der Waals surface area contributed by atoms with E-state index in [4.69, 9.17) is 27.9 Å². The average molecular weight is 548 g/mol. The molecule has 0 atom stereocenters. The number of nitrogens with zero attached hydrogens (tertiary/aromatic N) is 2. The predicted octanol–water partition coefficient (Wildman–Crippen LogP) is 7.22. The normalized spacial score (nSPS) is 10.9. The first-order valence-electron chi connectivity index (χ1n) is 11.2. The van der Waals surface area contributed by atoms with Gasteiger partial charge in [0.05, 0.1) is 22.3 Å². The van der Waals surface area contributed by atoms with Crippen LogP contribution in [0.4, 0.5) is 5.69 Å². The number of fused-ring (bicyclic) bond motifs is 1. The van der Waals surface area contributed by atoms with Gasteiger partial charge in [0.1, 0.15) is 11.5 Å². The molecule has 6 nitrogen and oxygen atoms in total. The lowest BCUT2D eigenvalue weighted by molar-refractivity contribution is -0.113. The van der Waals surface area contributed by atoms with E-state index in [9.17, 15) is 9.59 Å². The van der Waals surface area contributed by atoms with Gasteiger partial charge in [-0.25, -0.2) is 4.98 Å². The van der Waals surface area contributed by atoms with Crippen molar-refractivity contribution in [3.8, 4) is 17.2 Å². The number of ether oxygens (including phenoxy) is 1. The summed E-state index contributed by atoms with van der Waals surface area (Å²) in [5.41, 5.74) is 1.42. The van der Waals surface area contributed by atoms with Gasteiger partial charge in [0.15, 0.2) is 5.16 Å². The van der Waals surface area contributed by atoms with Crippen LogP contribution in [0.15, 0.2) is 107 Å². The molecule has 9 heteroatoms. The maximum Gasteiger partial charge on any atom is 0.266 e. The molecule has 0 aliphatic heterocycles. The van der Waals surface area contributed by atoms with Crippen molar-refractivity contribution >= 4 is 57.5 Å². The molecule has 1 N–H and O–H groups in total. The number of hydrogen-bond donors (Lipinski definition) is 1. The Balaban J connectivity index is 1.43. The molecule has 37 heavy (non-hydrogen) atoms. The quantitative estimate of drug-likeness (QED) is 0.172. The Morgan fingerprint density at radius 3 is 2.24 bits per heavy atom. The van der Waals surface area contributed by atoms with Gasteiger partial charge in [0.25, 0.3) is 5.56 Å². The van der Waals surface area contributed by atoms with Crippen LogP contribution in [0.25, 0.3) is 16.6 Å². The third-order valence-corrected chi connectivity index (χ3v) is 6.67. The maximum atomic E-state index is 13.5. The van der Waals surface area contributed by atoms with E-state index in [0.717, 1.165) is 11.8 Å². The molecule has 0 bridgehead atoms. The van der Waals surface area contributed by atoms with Gasteiger partial charge < -0.3 is 10.1 Å². The number of para-hydroxylation sites is 2. The fourth-order valence-electron chi connectivity index (χ4n) is 3.68. The summed E-state index contributed by atoms with van der Waals surface area (Å²) in [7, 11) is 0. The first-order chi connectivity index (χ1) is 18.0. The molecular formula is C28H19Cl2N3O3S. The Morgan fingerprint density at radius 2 is 1.51 bits per heavy atom. The number of carbonyl (C=O) groups excluding carboxylic acids is 1. The van der Waals surface area contributed by atoms with Crippen LogP contribution in [-0.2, 0) is 4.79 Å². The fraction of sp³-hybridized carbons (Fsp3) is 0.0357. The Kier molecular flexibility index (Phi) is 7.46. The van der Waals surface area contributed by atoms with Gasteiger partial charge in [0, 0.05) is 15.7 Å². The number of carbonyl (C=O) groups is 1. The van der Waals surface area contributed by atoms with Crippen molar-refractivity contribution in [3.63, 3.8) is 0 Å². The minimum absolute atomic E-state index is 0.0180. The molecule has 0 aliphatic rings. The minimum Gasteiger partial charge on any atom is -0.457 e. The summed E-state index contributed by atoms with van der Waals surface area (Å²) in [6.07, 6.45) is 0. The molecule has 0 saturated carbocycles. The highest BCUT2D eigenvalue weighted by Crippen LogP contribution is 2.26. The first-order valence-corrected chi connectivity index (χ1v) is 12.9. The summed E-state index contributed by atoms with van der Waals surface area (Å²) >= 11 is 13.2. The van der Waals surface area contributed by atoms with E-state index >= 15 is 0 Å². The number of anilines is 1. The Morgan fingerprint density at radius 1 is 0.865 bits per heavy atom. The standard InChI is InChI=1S/C28H19Cl2N3O3S/c29-18-14-19(30)16-20(15-18)31-26(34)17-37-28-32-25-9-5-4-8-24(25)27(35)33(28)21-10-12-23(13-11-21)36-22-6-2-1-3-7-22/h1-16H,17H2,(H,31,34). The van der Waals surface area contributed by atoms with Crippen molar-refractivity contribution in [3.05, 3.63) is 117 Å². The first kappa shape index (κ1) is 24.9. The van der Waals surface area contributed by atoms with Crippen molar-refractivity contribution < 1.29 is 9.53 Å². The molecular weight excluding hydrogens is 529 g/mol. The van der Waals surface area contributed by atoms with Crippen molar-refractivity contribution in [1.82, 2.24) is 9.55 Å². The van der Waals surface area contributed by atoms with Gasteiger partial charge in [0.2, 0.25) is 5.91 Å². The number of nitrogens with one attached hydrogen (secondary N) is 1. The lowest BCUT2D eigenvalue weighted by atomic mass is 10.2. The van der Waals surface area contributed by atoms with Gasteiger partial charge in [-0.2, -0.15) is 0 Å². The van der Waals surface area contributed by atoms with Crippen LogP contribution in [0.1, 0.15) is 0 Å². The topological polar surface area (TPSA) is 73.2 Å². The maximum absolute atomic E-state index is 13.5. The Hall–Kier alpha value is -3.78. The molecule has 5 rings (SSSR count). The number of halogens is 2. The van der Waals surface area contributed by atoms with Gasteiger partial charge in [-0.15, -0.1) is 0 Å².